The maximum absolute atomic E-state index is 12.8. The topological polar surface area (TPSA) is 212 Å². The molecule has 16 heteroatoms. The molecule has 0 unspecified atom stereocenters. The minimum atomic E-state index is -0.981. The molecule has 1 aromatic carbocycles. The number of nitrogens with one attached hydrogen (secondary N) is 6. The van der Waals surface area contributed by atoms with E-state index in [0.29, 0.717) is 52.7 Å². The van der Waals surface area contributed by atoms with Gasteiger partial charge < -0.3 is 50.8 Å². The average Bonchev–Trinajstić information content (AvgIpc) is 3.09. The summed E-state index contributed by atoms with van der Waals surface area (Å²) in [7, 11) is 0. The largest absolute Gasteiger partial charge is 0.379 e. The van der Waals surface area contributed by atoms with Crippen molar-refractivity contribution >= 4 is 35.4 Å². The number of carbonyl (C=O) groups is 6. The molecule has 0 heterocycles. The summed E-state index contributed by atoms with van der Waals surface area (Å²) in [5.41, 5.74) is 0.797. The summed E-state index contributed by atoms with van der Waals surface area (Å²) in [6.07, 6.45) is 0.210. The normalized spacial score (nSPS) is 11.5. The second-order valence-corrected chi connectivity index (χ2v) is 11.9. The van der Waals surface area contributed by atoms with Crippen molar-refractivity contribution in [1.29, 1.82) is 0 Å². The molecule has 1 rings (SSSR count). The number of amides is 6. The molecule has 0 bridgehead atoms. The third kappa shape index (κ3) is 24.1. The highest BCUT2D eigenvalue weighted by Gasteiger charge is 2.22. The third-order valence-electron chi connectivity index (χ3n) is 6.62. The molecule has 1 atom stereocenters. The molecule has 6 amide bonds. The van der Waals surface area contributed by atoms with Crippen molar-refractivity contribution in [3.63, 3.8) is 0 Å². The Balaban J connectivity index is 2.16. The molecule has 0 radical (unpaired) electrons. The van der Waals surface area contributed by atoms with Crippen LogP contribution in [0.25, 0.3) is 0 Å². The van der Waals surface area contributed by atoms with Gasteiger partial charge in [0.15, 0.2) is 0 Å². The molecule has 6 N–H and O–H groups in total. The first-order valence-corrected chi connectivity index (χ1v) is 17.0. The van der Waals surface area contributed by atoms with Gasteiger partial charge in [-0.15, -0.1) is 0 Å². The lowest BCUT2D eigenvalue weighted by Crippen LogP contribution is -2.52. The SMILES string of the molecule is CC(C)CNC(=O)CNC(=O)[C@H](Cc1ccccc1)NC(=O)CNC(=O)CNC(=O)CCOCCOCCOCCOCCNC(=O)C(C)C. The maximum Gasteiger partial charge on any atom is 0.243 e. The van der Waals surface area contributed by atoms with Crippen LogP contribution in [0.15, 0.2) is 30.3 Å². The highest BCUT2D eigenvalue weighted by Crippen LogP contribution is 2.04. The first-order valence-electron chi connectivity index (χ1n) is 17.0. The lowest BCUT2D eigenvalue weighted by Gasteiger charge is -2.19. The molecule has 282 valence electrons. The number of carbonyl (C=O) groups excluding carboxylic acids is 6. The lowest BCUT2D eigenvalue weighted by atomic mass is 10.1. The zero-order valence-corrected chi connectivity index (χ0v) is 29.8. The molecular weight excluding hydrogens is 652 g/mol. The van der Waals surface area contributed by atoms with Crippen molar-refractivity contribution in [3.8, 4) is 0 Å². The zero-order chi connectivity index (χ0) is 37.0. The fourth-order valence-electron chi connectivity index (χ4n) is 3.86. The molecule has 50 heavy (non-hydrogen) atoms. The number of ether oxygens (including phenoxy) is 4. The quantitative estimate of drug-likeness (QED) is 0.0589. The number of hydrogen-bond donors (Lipinski definition) is 6. The molecule has 0 spiro atoms. The third-order valence-corrected chi connectivity index (χ3v) is 6.62. The van der Waals surface area contributed by atoms with E-state index in [-0.39, 0.29) is 62.8 Å². The van der Waals surface area contributed by atoms with E-state index in [2.05, 4.69) is 31.9 Å². The Kier molecular flexibility index (Phi) is 24.3. The summed E-state index contributed by atoms with van der Waals surface area (Å²) >= 11 is 0. The van der Waals surface area contributed by atoms with Crippen LogP contribution < -0.4 is 31.9 Å². The van der Waals surface area contributed by atoms with Crippen LogP contribution in [0.3, 0.4) is 0 Å². The molecule has 0 aromatic heterocycles. The zero-order valence-electron chi connectivity index (χ0n) is 29.8. The Hall–Kier alpha value is -4.12. The predicted molar refractivity (Wildman–Crippen MR) is 185 cm³/mol. The molecule has 0 fully saturated rings. The second-order valence-electron chi connectivity index (χ2n) is 11.9. The van der Waals surface area contributed by atoms with Crippen LogP contribution in [0.1, 0.15) is 39.7 Å². The van der Waals surface area contributed by atoms with Crippen molar-refractivity contribution in [2.24, 2.45) is 11.8 Å². The van der Waals surface area contributed by atoms with Gasteiger partial charge in [-0.2, -0.15) is 0 Å². The van der Waals surface area contributed by atoms with Gasteiger partial charge in [-0.05, 0) is 11.5 Å². The smallest absolute Gasteiger partial charge is 0.243 e. The summed E-state index contributed by atoms with van der Waals surface area (Å²) in [4.78, 5) is 73.1. The summed E-state index contributed by atoms with van der Waals surface area (Å²) in [6, 6.07) is 8.08. The van der Waals surface area contributed by atoms with Gasteiger partial charge in [0.2, 0.25) is 35.4 Å². The predicted octanol–water partition coefficient (Wildman–Crippen LogP) is -0.937. The lowest BCUT2D eigenvalue weighted by molar-refractivity contribution is -0.131. The molecular formula is C34H56N6O10. The highest BCUT2D eigenvalue weighted by atomic mass is 16.6. The molecule has 0 saturated heterocycles. The van der Waals surface area contributed by atoms with Crippen molar-refractivity contribution in [2.45, 2.75) is 46.6 Å². The fourth-order valence-corrected chi connectivity index (χ4v) is 3.86. The van der Waals surface area contributed by atoms with E-state index in [9.17, 15) is 28.8 Å². The number of benzene rings is 1. The minimum absolute atomic E-state index is 0.00736. The summed E-state index contributed by atoms with van der Waals surface area (Å²) in [6.45, 7) is 10.2. The average molecular weight is 709 g/mol. The minimum Gasteiger partial charge on any atom is -0.379 e. The van der Waals surface area contributed by atoms with Gasteiger partial charge in [-0.25, -0.2) is 0 Å². The first-order chi connectivity index (χ1) is 24.0. The van der Waals surface area contributed by atoms with E-state index >= 15 is 0 Å². The van der Waals surface area contributed by atoms with E-state index in [1.807, 2.05) is 45.9 Å². The summed E-state index contributed by atoms with van der Waals surface area (Å²) in [5, 5.41) is 15.5. The monoisotopic (exact) mass is 708 g/mol. The Morgan fingerprint density at radius 3 is 1.68 bits per heavy atom. The Morgan fingerprint density at radius 2 is 1.08 bits per heavy atom. The number of rotatable bonds is 28. The second kappa shape index (κ2) is 27.7. The highest BCUT2D eigenvalue weighted by molar-refractivity contribution is 5.92. The molecule has 0 aliphatic carbocycles. The molecule has 0 aliphatic heterocycles. The van der Waals surface area contributed by atoms with E-state index in [4.69, 9.17) is 18.9 Å². The van der Waals surface area contributed by atoms with Crippen LogP contribution in [-0.4, -0.2) is 127 Å². The fraction of sp³-hybridized carbons (Fsp3) is 0.647. The van der Waals surface area contributed by atoms with Gasteiger partial charge >= 0.3 is 0 Å². The van der Waals surface area contributed by atoms with Gasteiger partial charge in [-0.3, -0.25) is 28.8 Å². The standard InChI is InChI=1S/C34H56N6O10/c1-25(2)21-36-31(43)23-39-34(46)28(20-27-8-6-5-7-9-27)40-32(44)24-38-30(42)22-37-29(41)10-12-47-14-16-49-18-19-50-17-15-48-13-11-35-33(45)26(3)4/h5-9,25-26,28H,10-24H2,1-4H3,(H,35,45)(H,36,43)(H,37,41)(H,38,42)(H,39,46)(H,40,44)/t28-/m0/s1. The van der Waals surface area contributed by atoms with Gasteiger partial charge in [0, 0.05) is 31.8 Å². The molecule has 1 aromatic rings. The maximum atomic E-state index is 12.8. The Morgan fingerprint density at radius 1 is 0.560 bits per heavy atom. The molecule has 0 aliphatic rings. The van der Waals surface area contributed by atoms with Gasteiger partial charge in [0.05, 0.1) is 72.5 Å². The Bertz CT molecular complexity index is 1150. The van der Waals surface area contributed by atoms with E-state index in [1.54, 1.807) is 12.1 Å². The van der Waals surface area contributed by atoms with Crippen LogP contribution in [-0.2, 0) is 54.1 Å². The molecule has 0 saturated carbocycles. The van der Waals surface area contributed by atoms with E-state index in [1.165, 1.54) is 0 Å². The first kappa shape index (κ1) is 43.9. The van der Waals surface area contributed by atoms with E-state index < -0.39 is 36.2 Å². The van der Waals surface area contributed by atoms with Crippen molar-refractivity contribution < 1.29 is 47.7 Å². The van der Waals surface area contributed by atoms with Gasteiger partial charge in [0.1, 0.15) is 6.04 Å². The van der Waals surface area contributed by atoms with Gasteiger partial charge in [-0.1, -0.05) is 58.0 Å². The summed E-state index contributed by atoms with van der Waals surface area (Å²) < 4.78 is 21.5. The van der Waals surface area contributed by atoms with E-state index in [0.717, 1.165) is 5.56 Å². The van der Waals surface area contributed by atoms with Crippen molar-refractivity contribution in [3.05, 3.63) is 35.9 Å². The summed E-state index contributed by atoms with van der Waals surface area (Å²) in [5.74, 6) is -2.28. The van der Waals surface area contributed by atoms with Gasteiger partial charge in [0.25, 0.3) is 0 Å². The van der Waals surface area contributed by atoms with Crippen molar-refractivity contribution in [1.82, 2.24) is 31.9 Å². The van der Waals surface area contributed by atoms with Crippen molar-refractivity contribution in [2.75, 3.05) is 85.6 Å². The number of hydrogen-bond acceptors (Lipinski definition) is 10. The molecule has 16 nitrogen and oxygen atoms in total. The van der Waals surface area contributed by atoms with Crippen LogP contribution in [0, 0.1) is 11.8 Å². The Labute approximate surface area is 294 Å². The van der Waals surface area contributed by atoms with Crippen LogP contribution in [0.5, 0.6) is 0 Å². The van der Waals surface area contributed by atoms with Crippen LogP contribution in [0.4, 0.5) is 0 Å². The van der Waals surface area contributed by atoms with Crippen LogP contribution in [0.2, 0.25) is 0 Å². The van der Waals surface area contributed by atoms with Crippen LogP contribution >= 0.6 is 0 Å².